The highest BCUT2D eigenvalue weighted by Gasteiger charge is 2.11. The molecule has 9 heteroatoms. The molecule has 0 atom stereocenters. The molecule has 0 spiro atoms. The lowest BCUT2D eigenvalue weighted by atomic mass is 10.1. The summed E-state index contributed by atoms with van der Waals surface area (Å²) in [5.74, 6) is -0.392. The van der Waals surface area contributed by atoms with E-state index >= 15 is 0 Å². The number of ether oxygens (including phenoxy) is 1. The molecule has 0 aliphatic rings. The van der Waals surface area contributed by atoms with Crippen LogP contribution < -0.4 is 10.3 Å². The molecule has 2 N–H and O–H groups in total. The number of H-pyrrole nitrogens is 1. The molecule has 24 heavy (non-hydrogen) atoms. The number of hydrogen-bond donors (Lipinski definition) is 2. The van der Waals surface area contributed by atoms with Gasteiger partial charge in [0.1, 0.15) is 11.4 Å². The number of nitrogens with zero attached hydrogens (tertiary/aromatic N) is 2. The minimum atomic E-state index is -1.01. The van der Waals surface area contributed by atoms with Gasteiger partial charge in [0.05, 0.1) is 19.3 Å². The van der Waals surface area contributed by atoms with Crippen molar-refractivity contribution >= 4 is 23.5 Å². The SMILES string of the molecule is COc1ccc(C(=O)CSc2nnc(CCC(=O)O)c(=O)[nH]2)cc1. The molecule has 2 aromatic rings. The van der Waals surface area contributed by atoms with Crippen LogP contribution >= 0.6 is 11.8 Å². The lowest BCUT2D eigenvalue weighted by Gasteiger charge is -2.03. The summed E-state index contributed by atoms with van der Waals surface area (Å²) in [4.78, 5) is 36.8. The Morgan fingerprint density at radius 3 is 2.54 bits per heavy atom. The lowest BCUT2D eigenvalue weighted by Crippen LogP contribution is -2.19. The average Bonchev–Trinajstić information content (AvgIpc) is 2.58. The van der Waals surface area contributed by atoms with Gasteiger partial charge in [-0.15, -0.1) is 10.2 Å². The van der Waals surface area contributed by atoms with Gasteiger partial charge in [-0.1, -0.05) is 11.8 Å². The molecule has 0 unspecified atom stereocenters. The maximum absolute atomic E-state index is 12.1. The molecule has 0 fully saturated rings. The van der Waals surface area contributed by atoms with Crippen LogP contribution in [0.15, 0.2) is 34.2 Å². The summed E-state index contributed by atoms with van der Waals surface area (Å²) < 4.78 is 5.03. The number of carboxylic acid groups (broad SMARTS) is 1. The number of rotatable bonds is 8. The Morgan fingerprint density at radius 2 is 1.96 bits per heavy atom. The smallest absolute Gasteiger partial charge is 0.303 e. The Kier molecular flexibility index (Phi) is 6.07. The highest BCUT2D eigenvalue weighted by molar-refractivity contribution is 7.99. The predicted molar refractivity (Wildman–Crippen MR) is 86.7 cm³/mol. The number of aromatic amines is 1. The van der Waals surface area contributed by atoms with Crippen molar-refractivity contribution < 1.29 is 19.4 Å². The number of aliphatic carboxylic acids is 1. The number of carbonyl (C=O) groups excluding carboxylic acids is 1. The number of aromatic nitrogens is 3. The molecule has 8 nitrogen and oxygen atoms in total. The van der Waals surface area contributed by atoms with Gasteiger partial charge < -0.3 is 9.84 Å². The van der Waals surface area contributed by atoms with Crippen LogP contribution in [0.4, 0.5) is 0 Å². The first-order valence-electron chi connectivity index (χ1n) is 6.97. The molecule has 2 rings (SSSR count). The highest BCUT2D eigenvalue weighted by atomic mass is 32.2. The monoisotopic (exact) mass is 349 g/mol. The fraction of sp³-hybridized carbons (Fsp3) is 0.267. The van der Waals surface area contributed by atoms with Crippen molar-refractivity contribution in [3.05, 3.63) is 45.9 Å². The molecule has 0 radical (unpaired) electrons. The Balaban J connectivity index is 1.95. The molecule has 0 amide bonds. The van der Waals surface area contributed by atoms with Crippen LogP contribution in [0.25, 0.3) is 0 Å². The Bertz CT molecular complexity index is 788. The zero-order valence-corrected chi connectivity index (χ0v) is 13.6. The maximum Gasteiger partial charge on any atom is 0.303 e. The molecule has 1 heterocycles. The van der Waals surface area contributed by atoms with Gasteiger partial charge in [0.15, 0.2) is 10.9 Å². The average molecular weight is 349 g/mol. The topological polar surface area (TPSA) is 122 Å². The first kappa shape index (κ1) is 17.7. The molecule has 1 aromatic heterocycles. The molecule has 126 valence electrons. The van der Waals surface area contributed by atoms with E-state index in [2.05, 4.69) is 15.2 Å². The number of methoxy groups -OCH3 is 1. The Hall–Kier alpha value is -2.68. The third-order valence-corrected chi connectivity index (χ3v) is 3.94. The van der Waals surface area contributed by atoms with E-state index in [9.17, 15) is 14.4 Å². The number of nitrogens with one attached hydrogen (secondary N) is 1. The van der Waals surface area contributed by atoms with Crippen LogP contribution in [0.3, 0.4) is 0 Å². The quantitative estimate of drug-likeness (QED) is 0.538. The van der Waals surface area contributed by atoms with Crippen LogP contribution in [0.2, 0.25) is 0 Å². The van der Waals surface area contributed by atoms with Gasteiger partial charge in [0.25, 0.3) is 5.56 Å². The van der Waals surface area contributed by atoms with Crippen molar-refractivity contribution in [3.8, 4) is 5.75 Å². The van der Waals surface area contributed by atoms with E-state index in [-0.39, 0.29) is 35.2 Å². The largest absolute Gasteiger partial charge is 0.497 e. The van der Waals surface area contributed by atoms with Gasteiger partial charge in [-0.2, -0.15) is 0 Å². The van der Waals surface area contributed by atoms with Crippen molar-refractivity contribution in [1.82, 2.24) is 15.2 Å². The third kappa shape index (κ3) is 4.92. The van der Waals surface area contributed by atoms with Crippen molar-refractivity contribution in [3.63, 3.8) is 0 Å². The van der Waals surface area contributed by atoms with E-state index < -0.39 is 11.5 Å². The van der Waals surface area contributed by atoms with Gasteiger partial charge in [0, 0.05) is 12.0 Å². The minimum absolute atomic E-state index is 0.00733. The van der Waals surface area contributed by atoms with Crippen LogP contribution in [0, 0.1) is 0 Å². The second kappa shape index (κ2) is 8.25. The molecule has 0 saturated heterocycles. The van der Waals surface area contributed by atoms with Crippen molar-refractivity contribution in [2.75, 3.05) is 12.9 Å². The number of hydrogen-bond acceptors (Lipinski definition) is 7. The number of benzene rings is 1. The van der Waals surface area contributed by atoms with E-state index in [1.165, 1.54) is 0 Å². The van der Waals surface area contributed by atoms with Crippen LogP contribution in [-0.2, 0) is 11.2 Å². The number of Topliss-reactive ketones (excluding diaryl/α,β-unsaturated/α-hetero) is 1. The van der Waals surface area contributed by atoms with Gasteiger partial charge in [0.2, 0.25) is 0 Å². The molecule has 0 aliphatic heterocycles. The Morgan fingerprint density at radius 1 is 1.25 bits per heavy atom. The maximum atomic E-state index is 12.1. The van der Waals surface area contributed by atoms with Crippen molar-refractivity contribution in [1.29, 1.82) is 0 Å². The fourth-order valence-electron chi connectivity index (χ4n) is 1.79. The van der Waals surface area contributed by atoms with Gasteiger partial charge in [-0.05, 0) is 24.3 Å². The number of ketones is 1. The molecule has 0 bridgehead atoms. The van der Waals surface area contributed by atoms with Gasteiger partial charge >= 0.3 is 5.97 Å². The van der Waals surface area contributed by atoms with E-state index in [1.807, 2.05) is 0 Å². The fourth-order valence-corrected chi connectivity index (χ4v) is 2.49. The zero-order chi connectivity index (χ0) is 17.5. The van der Waals surface area contributed by atoms with Crippen LogP contribution in [0.5, 0.6) is 5.75 Å². The molecule has 0 aliphatic carbocycles. The minimum Gasteiger partial charge on any atom is -0.497 e. The number of carboxylic acids is 1. The second-order valence-corrected chi connectivity index (χ2v) is 5.70. The van der Waals surface area contributed by atoms with Gasteiger partial charge in [-0.3, -0.25) is 19.4 Å². The molecule has 0 saturated carbocycles. The summed E-state index contributed by atoms with van der Waals surface area (Å²) in [7, 11) is 1.54. The van der Waals surface area contributed by atoms with Crippen LogP contribution in [0.1, 0.15) is 22.5 Å². The summed E-state index contributed by atoms with van der Waals surface area (Å²) >= 11 is 1.05. The predicted octanol–water partition coefficient (Wildman–Crippen LogP) is 1.17. The first-order valence-corrected chi connectivity index (χ1v) is 7.96. The Labute approximate surface area is 141 Å². The van der Waals surface area contributed by atoms with Crippen molar-refractivity contribution in [2.24, 2.45) is 0 Å². The number of thioether (sulfide) groups is 1. The van der Waals surface area contributed by atoms with E-state index in [4.69, 9.17) is 9.84 Å². The lowest BCUT2D eigenvalue weighted by molar-refractivity contribution is -0.136. The number of carbonyl (C=O) groups is 2. The normalized spacial score (nSPS) is 10.4. The summed E-state index contributed by atoms with van der Waals surface area (Å²) in [6.07, 6.45) is -0.187. The third-order valence-electron chi connectivity index (χ3n) is 3.07. The summed E-state index contributed by atoms with van der Waals surface area (Å²) in [6, 6.07) is 6.70. The highest BCUT2D eigenvalue weighted by Crippen LogP contribution is 2.16. The molecule has 1 aromatic carbocycles. The van der Waals surface area contributed by atoms with Crippen molar-refractivity contribution in [2.45, 2.75) is 18.0 Å². The standard InChI is InChI=1S/C15H15N3O5S/c1-23-10-4-2-9(3-5-10)12(19)8-24-15-16-14(22)11(17-18-15)6-7-13(20)21/h2-5H,6-8H2,1H3,(H,20,21)(H,16,18,22). The first-order chi connectivity index (χ1) is 11.5. The van der Waals surface area contributed by atoms with E-state index in [0.29, 0.717) is 11.3 Å². The molecular weight excluding hydrogens is 334 g/mol. The van der Waals surface area contributed by atoms with Gasteiger partial charge in [-0.25, -0.2) is 0 Å². The second-order valence-electron chi connectivity index (χ2n) is 4.74. The zero-order valence-electron chi connectivity index (χ0n) is 12.8. The van der Waals surface area contributed by atoms with E-state index in [1.54, 1.807) is 31.4 Å². The summed E-state index contributed by atoms with van der Waals surface area (Å²) in [6.45, 7) is 0. The number of aryl methyl sites for hydroxylation is 1. The molecular formula is C15H15N3O5S. The summed E-state index contributed by atoms with van der Waals surface area (Å²) in [5, 5.41) is 16.3. The van der Waals surface area contributed by atoms with Crippen LogP contribution in [-0.4, -0.2) is 44.9 Å². The summed E-state index contributed by atoms with van der Waals surface area (Å²) in [5.41, 5.74) is 0.0885. The van der Waals surface area contributed by atoms with E-state index in [0.717, 1.165) is 11.8 Å².